The maximum absolute atomic E-state index is 14.6. The van der Waals surface area contributed by atoms with Crippen LogP contribution in [0.1, 0.15) is 67.2 Å². The maximum atomic E-state index is 14.6. The molecule has 1 heterocycles. The number of nitrogens with two attached hydrogens (primary N) is 5. The number of carbonyl (C=O) groups is 10. The monoisotopic (exact) mass is 1390 g/mol. The van der Waals surface area contributed by atoms with E-state index in [-0.39, 0.29) is 107 Å². The lowest BCUT2D eigenvalue weighted by molar-refractivity contribution is -0.137. The lowest BCUT2D eigenvalue weighted by Crippen LogP contribution is -2.62. The normalized spacial score (nSPS) is 14.1. The molecule has 5 rings (SSSR count). The fourth-order valence-corrected chi connectivity index (χ4v) is 10.3. The Morgan fingerprint density at radius 2 is 0.730 bits per heavy atom. The van der Waals surface area contributed by atoms with Crippen LogP contribution in [0.5, 0.6) is 17.2 Å². The van der Waals surface area contributed by atoms with Crippen LogP contribution >= 0.6 is 0 Å². The van der Waals surface area contributed by atoms with Crippen molar-refractivity contribution in [2.45, 2.75) is 131 Å². The Balaban J connectivity index is 1.35. The molecule has 0 unspecified atom stereocenters. The first-order valence-electron chi connectivity index (χ1n) is 32.1. The van der Waals surface area contributed by atoms with Crippen LogP contribution in [0.3, 0.4) is 0 Å². The third-order valence-electron chi connectivity index (χ3n) is 15.8. The number of H-pyrrole nitrogens is 1. The molecule has 30 N–H and O–H groups in total. The largest absolute Gasteiger partial charge is 0.508 e. The molecule has 10 amide bonds. The van der Waals surface area contributed by atoms with Crippen LogP contribution in [-0.2, 0) is 73.6 Å². The number of carbonyl (C=O) groups excluding carboxylic acids is 10. The molecule has 35 heteroatoms. The molecule has 35 nitrogen and oxygen atoms in total. The number of guanidine groups is 2. The molecule has 5 aromatic rings. The zero-order valence-electron chi connectivity index (χ0n) is 54.8. The summed E-state index contributed by atoms with van der Waals surface area (Å²) in [7, 11) is 0. The zero-order chi connectivity index (χ0) is 73.4. The standard InChI is InChI=1S/C65H91N19O16/c66-24-4-3-9-45(77-56(93)47(11-6-26-74-65(71)72)78-61(98)51(32-85)82-58(95)46(10-5-25-73-64(69)70)76-55(92)43(67)27-35-12-18-39(88)19-13-35)57(94)80-49(29-37-16-22-41(90)23-17-37)59(96)83-53(34-87)63(100)84-52(33-86)62(99)81-50(30-38-31-75-44-8-2-1-7-42(38)44)60(97)79-48(54(68)91)28-36-14-20-40(89)21-15-36/h1-2,7-8,12-23,31,43,45-53,75,85-90H,3-6,9-11,24-30,32-34,66-67H2,(H2,68,91)(H,76,92)(H,77,93)(H,78,98)(H,79,97)(H,80,94)(H,81,99)(H,82,95)(H,83,96)(H,84,100)(H4,69,70,73)(H4,71,72,74)/t43-,45-,46-,47-,48-,49-,50-,51-,52-,53-/m0/s1. The summed E-state index contributed by atoms with van der Waals surface area (Å²) in [6, 6.07) is 8.36. The van der Waals surface area contributed by atoms with Crippen LogP contribution in [-0.4, -0.2) is 206 Å². The summed E-state index contributed by atoms with van der Waals surface area (Å²) in [5.41, 5.74) is 31.2. The average Bonchev–Trinajstić information content (AvgIpc) is 1.63. The van der Waals surface area contributed by atoms with Crippen molar-refractivity contribution in [1.82, 2.24) is 63.5 Å². The van der Waals surface area contributed by atoms with Crippen molar-refractivity contribution in [1.29, 1.82) is 10.8 Å². The highest BCUT2D eigenvalue weighted by atomic mass is 16.3. The SMILES string of the molecule is N=C(N)NCCC[C@H](NC(=O)[C@H](CO)NC(=O)[C@H](CCCNC(=N)N)NC(=O)[C@@H](N)Cc1ccc(O)cc1)C(=O)N[C@@H](CCCCN)C(=O)N[C@@H](Cc1ccc(O)cc1)C(=O)N[C@@H](CO)C(=O)N[C@@H](CO)C(=O)N[C@@H](Cc1c[nH]c2ccccc12)C(=O)N[C@@H](Cc1ccc(O)cc1)C(N)=O. The third kappa shape index (κ3) is 26.4. The van der Waals surface area contributed by atoms with E-state index in [2.05, 4.69) is 63.5 Å². The predicted molar refractivity (Wildman–Crippen MR) is 364 cm³/mol. The summed E-state index contributed by atoms with van der Waals surface area (Å²) in [6.45, 7) is -3.06. The van der Waals surface area contributed by atoms with Crippen molar-refractivity contribution in [2.75, 3.05) is 39.5 Å². The summed E-state index contributed by atoms with van der Waals surface area (Å²) in [5.74, 6) is -11.2. The summed E-state index contributed by atoms with van der Waals surface area (Å²) < 4.78 is 0. The molecule has 4 aromatic carbocycles. The number of phenols is 3. The van der Waals surface area contributed by atoms with E-state index in [1.807, 2.05) is 0 Å². The molecular formula is C65H91N19O16. The van der Waals surface area contributed by atoms with Gasteiger partial charge in [-0.3, -0.25) is 58.8 Å². The maximum Gasteiger partial charge on any atom is 0.245 e. The number of unbranched alkanes of at least 4 members (excludes halogenated alkanes) is 1. The minimum absolute atomic E-state index is 0.00459. The number of hydrogen-bond donors (Lipinski definition) is 25. The minimum atomic E-state index is -1.91. The number of rotatable bonds is 42. The van der Waals surface area contributed by atoms with Gasteiger partial charge in [0.15, 0.2) is 11.9 Å². The molecule has 100 heavy (non-hydrogen) atoms. The molecular weight excluding hydrogens is 1300 g/mol. The average molecular weight is 1390 g/mol. The van der Waals surface area contributed by atoms with E-state index in [1.165, 1.54) is 60.7 Å². The number of primary amides is 1. The van der Waals surface area contributed by atoms with E-state index >= 15 is 0 Å². The number of aromatic amines is 1. The van der Waals surface area contributed by atoms with E-state index in [4.69, 9.17) is 39.5 Å². The number of amides is 10. The van der Waals surface area contributed by atoms with Gasteiger partial charge >= 0.3 is 0 Å². The molecule has 0 fully saturated rings. The highest BCUT2D eigenvalue weighted by Crippen LogP contribution is 2.21. The minimum Gasteiger partial charge on any atom is -0.508 e. The predicted octanol–water partition coefficient (Wildman–Crippen LogP) is -5.64. The third-order valence-corrected chi connectivity index (χ3v) is 15.8. The topological polar surface area (TPSA) is 618 Å². The van der Waals surface area contributed by atoms with Crippen LogP contribution in [0.2, 0.25) is 0 Å². The van der Waals surface area contributed by atoms with Gasteiger partial charge in [0, 0.05) is 49.5 Å². The van der Waals surface area contributed by atoms with E-state index in [9.17, 15) is 78.6 Å². The molecule has 0 saturated heterocycles. The Morgan fingerprint density at radius 1 is 0.400 bits per heavy atom. The first-order valence-corrected chi connectivity index (χ1v) is 32.1. The van der Waals surface area contributed by atoms with E-state index in [1.54, 1.807) is 42.6 Å². The number of fused-ring (bicyclic) bond motifs is 1. The molecule has 542 valence electrons. The van der Waals surface area contributed by atoms with Crippen molar-refractivity contribution >= 4 is 81.9 Å². The number of nitrogens with one attached hydrogen (secondary N) is 14. The van der Waals surface area contributed by atoms with E-state index in [0.29, 0.717) is 39.6 Å². The molecule has 0 radical (unpaired) electrons. The van der Waals surface area contributed by atoms with Crippen LogP contribution in [0, 0.1) is 10.8 Å². The zero-order valence-corrected chi connectivity index (χ0v) is 54.8. The van der Waals surface area contributed by atoms with Gasteiger partial charge in [0.2, 0.25) is 59.1 Å². The van der Waals surface area contributed by atoms with Gasteiger partial charge in [-0.1, -0.05) is 54.6 Å². The molecule has 0 saturated carbocycles. The number of phenolic OH excluding ortho intramolecular Hbond substituents is 3. The molecule has 0 bridgehead atoms. The van der Waals surface area contributed by atoms with Gasteiger partial charge in [-0.05, 0) is 123 Å². The van der Waals surface area contributed by atoms with Gasteiger partial charge in [-0.2, -0.15) is 0 Å². The lowest BCUT2D eigenvalue weighted by atomic mass is 10.0. The van der Waals surface area contributed by atoms with Crippen LogP contribution in [0.4, 0.5) is 0 Å². The fraction of sp³-hybridized carbons (Fsp3) is 0.415. The first kappa shape index (κ1) is 79.5. The van der Waals surface area contributed by atoms with Crippen LogP contribution in [0.15, 0.2) is 103 Å². The molecule has 0 aliphatic carbocycles. The van der Waals surface area contributed by atoms with Gasteiger partial charge < -0.3 is 123 Å². The van der Waals surface area contributed by atoms with Crippen molar-refractivity contribution < 1.29 is 78.6 Å². The Kier molecular flexibility index (Phi) is 32.3. The molecule has 0 spiro atoms. The van der Waals surface area contributed by atoms with Crippen LogP contribution < -0.4 is 87.2 Å². The Morgan fingerprint density at radius 3 is 1.13 bits per heavy atom. The van der Waals surface area contributed by atoms with Crippen molar-refractivity contribution in [2.24, 2.45) is 28.7 Å². The Labute approximate surface area is 574 Å². The Hall–Kier alpha value is -11.1. The summed E-state index contributed by atoms with van der Waals surface area (Å²) in [4.78, 5) is 143. The Bertz CT molecular complexity index is 3580. The molecule has 10 atom stereocenters. The second-order valence-corrected chi connectivity index (χ2v) is 23.5. The van der Waals surface area contributed by atoms with Gasteiger partial charge in [0.05, 0.1) is 25.9 Å². The van der Waals surface area contributed by atoms with Gasteiger partial charge in [-0.25, -0.2) is 0 Å². The highest BCUT2D eigenvalue weighted by Gasteiger charge is 2.36. The quantitative estimate of drug-likeness (QED) is 0.00984. The van der Waals surface area contributed by atoms with Gasteiger partial charge in [0.1, 0.15) is 71.6 Å². The number of aliphatic hydroxyl groups excluding tert-OH is 3. The second-order valence-electron chi connectivity index (χ2n) is 23.5. The van der Waals surface area contributed by atoms with E-state index < -0.39 is 145 Å². The fourth-order valence-electron chi connectivity index (χ4n) is 10.3. The number of aliphatic hydroxyl groups is 3. The van der Waals surface area contributed by atoms with Crippen molar-refractivity contribution in [3.05, 3.63) is 126 Å². The summed E-state index contributed by atoms with van der Waals surface area (Å²) in [6.07, 6.45) is 1.14. The molecule has 1 aromatic heterocycles. The smallest absolute Gasteiger partial charge is 0.245 e. The number of para-hydroxylation sites is 1. The highest BCUT2D eigenvalue weighted by molar-refractivity contribution is 5.99. The number of aromatic nitrogens is 1. The van der Waals surface area contributed by atoms with Crippen molar-refractivity contribution in [3.63, 3.8) is 0 Å². The summed E-state index contributed by atoms with van der Waals surface area (Å²) >= 11 is 0. The molecule has 0 aliphatic heterocycles. The van der Waals surface area contributed by atoms with Gasteiger partial charge in [-0.15, -0.1) is 0 Å². The van der Waals surface area contributed by atoms with Crippen LogP contribution in [0.25, 0.3) is 10.9 Å². The number of hydrogen-bond acceptors (Lipinski definition) is 20. The van der Waals surface area contributed by atoms with Crippen molar-refractivity contribution in [3.8, 4) is 17.2 Å². The number of benzene rings is 4. The van der Waals surface area contributed by atoms with E-state index in [0.717, 1.165) is 0 Å². The lowest BCUT2D eigenvalue weighted by Gasteiger charge is -2.28. The van der Waals surface area contributed by atoms with Gasteiger partial charge in [0.25, 0.3) is 0 Å². The summed E-state index contributed by atoms with van der Waals surface area (Å²) in [5, 5.41) is 104. The number of aromatic hydroxyl groups is 3. The first-order chi connectivity index (χ1) is 47.7. The molecule has 0 aliphatic rings. The second kappa shape index (κ2) is 40.5.